The van der Waals surface area contributed by atoms with Crippen LogP contribution in [0.4, 0.5) is 5.69 Å². The van der Waals surface area contributed by atoms with Crippen molar-refractivity contribution in [2.75, 3.05) is 12.8 Å². The molecule has 0 fully saturated rings. The van der Waals surface area contributed by atoms with Gasteiger partial charge in [-0.1, -0.05) is 6.07 Å². The Morgan fingerprint density at radius 2 is 2.06 bits per heavy atom. The van der Waals surface area contributed by atoms with Crippen molar-refractivity contribution in [3.63, 3.8) is 0 Å². The van der Waals surface area contributed by atoms with Crippen LogP contribution >= 0.6 is 12.4 Å². The van der Waals surface area contributed by atoms with E-state index in [4.69, 9.17) is 5.73 Å². The molecule has 1 atom stereocenters. The van der Waals surface area contributed by atoms with E-state index in [2.05, 4.69) is 10.1 Å². The average Bonchev–Trinajstić information content (AvgIpc) is 2.27. The number of ether oxygens (including phenoxy) is 1. The summed E-state index contributed by atoms with van der Waals surface area (Å²) in [5, 5.41) is 2.51. The summed E-state index contributed by atoms with van der Waals surface area (Å²) in [6, 6.07) is 5.83. The second-order valence-electron chi connectivity index (χ2n) is 3.34. The summed E-state index contributed by atoms with van der Waals surface area (Å²) in [7, 11) is 1.27. The van der Waals surface area contributed by atoms with Gasteiger partial charge in [0.2, 0.25) is 0 Å². The molecule has 0 saturated carbocycles. The summed E-state index contributed by atoms with van der Waals surface area (Å²) in [4.78, 5) is 22.7. The first-order valence-corrected chi connectivity index (χ1v) is 4.79. The number of halogens is 1. The number of methoxy groups -OCH3 is 1. The molecule has 0 aliphatic rings. The molecule has 0 bridgehead atoms. The Morgan fingerprint density at radius 3 is 2.59 bits per heavy atom. The largest absolute Gasteiger partial charge is 0.467 e. The quantitative estimate of drug-likeness (QED) is 0.626. The fraction of sp³-hybridized carbons (Fsp3) is 0.273. The third-order valence-electron chi connectivity index (χ3n) is 2.05. The van der Waals surface area contributed by atoms with Gasteiger partial charge in [0.05, 0.1) is 7.11 Å². The van der Waals surface area contributed by atoms with E-state index in [1.807, 2.05) is 0 Å². The lowest BCUT2D eigenvalue weighted by atomic mass is 10.2. The number of carbonyl (C=O) groups is 2. The van der Waals surface area contributed by atoms with Gasteiger partial charge in [-0.2, -0.15) is 0 Å². The van der Waals surface area contributed by atoms with Gasteiger partial charge < -0.3 is 15.8 Å². The molecule has 1 amide bonds. The summed E-state index contributed by atoms with van der Waals surface area (Å²) in [6.45, 7) is 1.55. The van der Waals surface area contributed by atoms with Crippen LogP contribution in [0.15, 0.2) is 24.3 Å². The first-order chi connectivity index (χ1) is 7.54. The van der Waals surface area contributed by atoms with Crippen molar-refractivity contribution < 1.29 is 14.3 Å². The lowest BCUT2D eigenvalue weighted by Gasteiger charge is -2.11. The van der Waals surface area contributed by atoms with Crippen LogP contribution in [0, 0.1) is 0 Å². The molecule has 0 radical (unpaired) electrons. The van der Waals surface area contributed by atoms with Gasteiger partial charge in [-0.15, -0.1) is 12.4 Å². The van der Waals surface area contributed by atoms with Crippen molar-refractivity contribution in [2.45, 2.75) is 13.0 Å². The van der Waals surface area contributed by atoms with Gasteiger partial charge in [0, 0.05) is 11.3 Å². The minimum Gasteiger partial charge on any atom is -0.467 e. The van der Waals surface area contributed by atoms with E-state index in [1.54, 1.807) is 31.2 Å². The van der Waals surface area contributed by atoms with E-state index in [1.165, 1.54) is 7.11 Å². The molecule has 5 nitrogen and oxygen atoms in total. The number of nitrogens with two attached hydrogens (primary N) is 1. The highest BCUT2D eigenvalue weighted by molar-refractivity contribution is 5.97. The van der Waals surface area contributed by atoms with Crippen LogP contribution < -0.4 is 11.1 Å². The molecule has 0 aromatic heterocycles. The van der Waals surface area contributed by atoms with Gasteiger partial charge in [-0.25, -0.2) is 4.79 Å². The van der Waals surface area contributed by atoms with E-state index in [-0.39, 0.29) is 18.3 Å². The van der Waals surface area contributed by atoms with Crippen molar-refractivity contribution in [2.24, 2.45) is 0 Å². The van der Waals surface area contributed by atoms with Crippen LogP contribution in [0.2, 0.25) is 0 Å². The normalized spacial score (nSPS) is 10.9. The topological polar surface area (TPSA) is 81.4 Å². The number of amides is 1. The van der Waals surface area contributed by atoms with Gasteiger partial charge in [-0.3, -0.25) is 4.79 Å². The zero-order chi connectivity index (χ0) is 12.1. The number of anilines is 1. The number of benzene rings is 1. The Bertz CT molecular complexity index is 409. The van der Waals surface area contributed by atoms with Crippen LogP contribution in [0.3, 0.4) is 0 Å². The summed E-state index contributed by atoms with van der Waals surface area (Å²) in [5.74, 6) is -0.845. The molecular formula is C11H15ClN2O3. The molecule has 3 N–H and O–H groups in total. The fourth-order valence-corrected chi connectivity index (χ4v) is 1.20. The summed E-state index contributed by atoms with van der Waals surface area (Å²) < 4.78 is 4.49. The molecule has 1 aromatic rings. The van der Waals surface area contributed by atoms with E-state index in [0.29, 0.717) is 11.3 Å². The Labute approximate surface area is 106 Å². The lowest BCUT2D eigenvalue weighted by Crippen LogP contribution is -2.39. The highest BCUT2D eigenvalue weighted by Gasteiger charge is 2.16. The minimum atomic E-state index is -0.682. The molecule has 1 rings (SSSR count). The van der Waals surface area contributed by atoms with E-state index in [0.717, 1.165) is 0 Å². The molecule has 1 aromatic carbocycles. The number of rotatable bonds is 3. The third kappa shape index (κ3) is 4.32. The Balaban J connectivity index is 0.00000256. The number of hydrogen-bond donors (Lipinski definition) is 2. The Kier molecular flexibility index (Phi) is 6.06. The summed E-state index contributed by atoms with van der Waals surface area (Å²) in [5.41, 5.74) is 6.45. The molecule has 17 heavy (non-hydrogen) atoms. The smallest absolute Gasteiger partial charge is 0.328 e. The molecule has 6 heteroatoms. The first kappa shape index (κ1) is 15.2. The predicted molar refractivity (Wildman–Crippen MR) is 67.0 cm³/mol. The Hall–Kier alpha value is -1.75. The van der Waals surface area contributed by atoms with Gasteiger partial charge in [-0.05, 0) is 25.1 Å². The van der Waals surface area contributed by atoms with Crippen molar-refractivity contribution in [1.29, 1.82) is 0 Å². The maximum Gasteiger partial charge on any atom is 0.328 e. The highest BCUT2D eigenvalue weighted by Crippen LogP contribution is 2.06. The van der Waals surface area contributed by atoms with Crippen molar-refractivity contribution in [3.05, 3.63) is 29.8 Å². The zero-order valence-corrected chi connectivity index (χ0v) is 10.4. The molecule has 0 unspecified atom stereocenters. The highest BCUT2D eigenvalue weighted by atomic mass is 35.5. The molecular weight excluding hydrogens is 244 g/mol. The number of nitrogen functional groups attached to an aromatic ring is 1. The molecule has 0 aliphatic heterocycles. The second kappa shape index (κ2) is 6.75. The number of nitrogens with one attached hydrogen (secondary N) is 1. The van der Waals surface area contributed by atoms with Crippen molar-refractivity contribution >= 4 is 30.0 Å². The van der Waals surface area contributed by atoms with E-state index in [9.17, 15) is 9.59 Å². The molecule has 0 saturated heterocycles. The molecule has 0 aliphatic carbocycles. The summed E-state index contributed by atoms with van der Waals surface area (Å²) in [6.07, 6.45) is 0. The SMILES string of the molecule is COC(=O)[C@H](C)NC(=O)c1cccc(N)c1.Cl. The van der Waals surface area contributed by atoms with Crippen LogP contribution in [-0.4, -0.2) is 25.0 Å². The van der Waals surface area contributed by atoms with Crippen molar-refractivity contribution in [1.82, 2.24) is 5.32 Å². The number of hydrogen-bond acceptors (Lipinski definition) is 4. The average molecular weight is 259 g/mol. The lowest BCUT2D eigenvalue weighted by molar-refractivity contribution is -0.142. The predicted octanol–water partition coefficient (Wildman–Crippen LogP) is 0.982. The standard InChI is InChI=1S/C11H14N2O3.ClH/c1-7(11(15)16-2)13-10(14)8-4-3-5-9(12)6-8;/h3-7H,12H2,1-2H3,(H,13,14);1H/t7-;/m0./s1. The maximum absolute atomic E-state index is 11.7. The molecule has 0 spiro atoms. The van der Waals surface area contributed by atoms with E-state index >= 15 is 0 Å². The second-order valence-corrected chi connectivity index (χ2v) is 3.34. The van der Waals surface area contributed by atoms with Crippen molar-refractivity contribution in [3.8, 4) is 0 Å². The number of esters is 1. The van der Waals surface area contributed by atoms with Gasteiger partial charge in [0.15, 0.2) is 0 Å². The monoisotopic (exact) mass is 258 g/mol. The van der Waals surface area contributed by atoms with Gasteiger partial charge in [0.25, 0.3) is 5.91 Å². The first-order valence-electron chi connectivity index (χ1n) is 4.79. The number of carbonyl (C=O) groups excluding carboxylic acids is 2. The molecule has 94 valence electrons. The third-order valence-corrected chi connectivity index (χ3v) is 2.05. The Morgan fingerprint density at radius 1 is 1.41 bits per heavy atom. The zero-order valence-electron chi connectivity index (χ0n) is 9.60. The van der Waals surface area contributed by atoms with Crippen LogP contribution in [0.1, 0.15) is 17.3 Å². The van der Waals surface area contributed by atoms with Gasteiger partial charge in [0.1, 0.15) is 6.04 Å². The fourth-order valence-electron chi connectivity index (χ4n) is 1.20. The van der Waals surface area contributed by atoms with Crippen LogP contribution in [-0.2, 0) is 9.53 Å². The summed E-state index contributed by atoms with van der Waals surface area (Å²) >= 11 is 0. The van der Waals surface area contributed by atoms with Crippen LogP contribution in [0.5, 0.6) is 0 Å². The van der Waals surface area contributed by atoms with Gasteiger partial charge >= 0.3 is 5.97 Å². The van der Waals surface area contributed by atoms with Crippen LogP contribution in [0.25, 0.3) is 0 Å². The van der Waals surface area contributed by atoms with E-state index < -0.39 is 12.0 Å². The molecule has 0 heterocycles. The minimum absolute atomic E-state index is 0. The maximum atomic E-state index is 11.7.